The third kappa shape index (κ3) is 6.54. The fourth-order valence-corrected chi connectivity index (χ4v) is 2.38. The molecule has 0 saturated carbocycles. The van der Waals surface area contributed by atoms with Gasteiger partial charge < -0.3 is 5.11 Å². The van der Waals surface area contributed by atoms with Crippen molar-refractivity contribution in [2.24, 2.45) is 0 Å². The van der Waals surface area contributed by atoms with Crippen LogP contribution in [0.15, 0.2) is 42.5 Å². The van der Waals surface area contributed by atoms with Crippen molar-refractivity contribution in [2.45, 2.75) is 26.2 Å². The van der Waals surface area contributed by atoms with Crippen LogP contribution in [0.4, 0.5) is 13.2 Å². The molecule has 2 aromatic heterocycles. The SMILES string of the molecule is Cc1cc(CN(C)Cc2cc(-c3ccccc3)n[nH]2)n[nH]1.O=C(O)C(F)(F)F. The second kappa shape index (κ2) is 9.18. The van der Waals surface area contributed by atoms with Gasteiger partial charge in [-0.1, -0.05) is 30.3 Å². The van der Waals surface area contributed by atoms with Crippen LogP contribution in [0.25, 0.3) is 11.3 Å². The predicted octanol–water partition coefficient (Wildman–Crippen LogP) is 3.37. The Morgan fingerprint density at radius 1 is 1.11 bits per heavy atom. The normalized spacial score (nSPS) is 11.2. The van der Waals surface area contributed by atoms with Crippen molar-refractivity contribution in [3.05, 3.63) is 59.5 Å². The molecule has 3 N–H and O–H groups in total. The molecule has 10 heteroatoms. The lowest BCUT2D eigenvalue weighted by Crippen LogP contribution is -2.21. The Kier molecular flexibility index (Phi) is 6.94. The van der Waals surface area contributed by atoms with Gasteiger partial charge in [0.1, 0.15) is 0 Å². The molecule has 150 valence electrons. The number of benzene rings is 1. The maximum absolute atomic E-state index is 10.6. The van der Waals surface area contributed by atoms with Crippen LogP contribution in [0.5, 0.6) is 0 Å². The lowest BCUT2D eigenvalue weighted by atomic mass is 10.1. The van der Waals surface area contributed by atoms with Gasteiger partial charge in [0.2, 0.25) is 0 Å². The van der Waals surface area contributed by atoms with E-state index in [0.717, 1.165) is 41.4 Å². The van der Waals surface area contributed by atoms with Gasteiger partial charge in [-0.15, -0.1) is 0 Å². The van der Waals surface area contributed by atoms with E-state index in [0.29, 0.717) is 0 Å². The van der Waals surface area contributed by atoms with Crippen molar-refractivity contribution < 1.29 is 23.1 Å². The van der Waals surface area contributed by atoms with Crippen molar-refractivity contribution >= 4 is 5.97 Å². The summed E-state index contributed by atoms with van der Waals surface area (Å²) in [7, 11) is 2.08. The molecule has 1 aromatic carbocycles. The van der Waals surface area contributed by atoms with E-state index in [9.17, 15) is 13.2 Å². The number of nitrogens with one attached hydrogen (secondary N) is 2. The molecule has 0 aliphatic rings. The minimum Gasteiger partial charge on any atom is -0.475 e. The smallest absolute Gasteiger partial charge is 0.475 e. The lowest BCUT2D eigenvalue weighted by molar-refractivity contribution is -0.192. The molecule has 28 heavy (non-hydrogen) atoms. The first-order chi connectivity index (χ1) is 13.1. The summed E-state index contributed by atoms with van der Waals surface area (Å²) in [6, 6.07) is 14.4. The van der Waals surface area contributed by atoms with E-state index in [1.54, 1.807) is 0 Å². The number of rotatable bonds is 5. The zero-order valence-corrected chi connectivity index (χ0v) is 15.3. The Balaban J connectivity index is 0.000000345. The third-order valence-electron chi connectivity index (χ3n) is 3.57. The van der Waals surface area contributed by atoms with E-state index >= 15 is 0 Å². The van der Waals surface area contributed by atoms with Gasteiger partial charge in [-0.3, -0.25) is 15.1 Å². The number of aryl methyl sites for hydroxylation is 1. The second-order valence-corrected chi connectivity index (χ2v) is 6.16. The molecule has 0 unspecified atom stereocenters. The number of aromatic nitrogens is 4. The van der Waals surface area contributed by atoms with Crippen LogP contribution in [0.1, 0.15) is 17.1 Å². The minimum atomic E-state index is -5.08. The highest BCUT2D eigenvalue weighted by molar-refractivity contribution is 5.73. The van der Waals surface area contributed by atoms with E-state index in [4.69, 9.17) is 9.90 Å². The van der Waals surface area contributed by atoms with Crippen molar-refractivity contribution in [1.82, 2.24) is 25.3 Å². The summed E-state index contributed by atoms with van der Waals surface area (Å²) >= 11 is 0. The fraction of sp³-hybridized carbons (Fsp3) is 0.278. The van der Waals surface area contributed by atoms with Gasteiger partial charge in [0.15, 0.2) is 0 Å². The average Bonchev–Trinajstić information content (AvgIpc) is 3.24. The fourth-order valence-electron chi connectivity index (χ4n) is 2.38. The number of carbonyl (C=O) groups is 1. The average molecular weight is 395 g/mol. The first-order valence-electron chi connectivity index (χ1n) is 8.24. The highest BCUT2D eigenvalue weighted by Gasteiger charge is 2.38. The molecule has 0 bridgehead atoms. The van der Waals surface area contributed by atoms with E-state index < -0.39 is 12.1 Å². The van der Waals surface area contributed by atoms with Crippen LogP contribution in [0.3, 0.4) is 0 Å². The Morgan fingerprint density at radius 3 is 2.29 bits per heavy atom. The monoisotopic (exact) mass is 395 g/mol. The van der Waals surface area contributed by atoms with Crippen LogP contribution in [-0.2, 0) is 17.9 Å². The number of nitrogens with zero attached hydrogens (tertiary/aromatic N) is 3. The topological polar surface area (TPSA) is 97.9 Å². The number of halogens is 3. The Hall–Kier alpha value is -3.14. The number of H-pyrrole nitrogens is 2. The molecular formula is C18H20F3N5O2. The predicted molar refractivity (Wildman–Crippen MR) is 96.2 cm³/mol. The molecule has 3 rings (SSSR count). The number of carboxylic acid groups (broad SMARTS) is 1. The van der Waals surface area contributed by atoms with E-state index in [-0.39, 0.29) is 0 Å². The maximum atomic E-state index is 10.6. The van der Waals surface area contributed by atoms with Gasteiger partial charge in [0.05, 0.1) is 11.4 Å². The molecule has 0 radical (unpaired) electrons. The van der Waals surface area contributed by atoms with Crippen molar-refractivity contribution in [3.8, 4) is 11.3 Å². The summed E-state index contributed by atoms with van der Waals surface area (Å²) in [6.45, 7) is 3.63. The van der Waals surface area contributed by atoms with Gasteiger partial charge in [-0.25, -0.2) is 4.79 Å². The standard InChI is InChI=1S/C16H19N5.C2HF3O2/c1-12-8-14(18-17-12)10-21(2)11-15-9-16(20-19-15)13-6-4-3-5-7-13;3-2(4,5)1(6)7/h3-9H,10-11H2,1-2H3,(H,17,18)(H,19,20);(H,6,7). The second-order valence-electron chi connectivity index (χ2n) is 6.16. The van der Waals surface area contributed by atoms with Crippen LogP contribution in [0.2, 0.25) is 0 Å². The summed E-state index contributed by atoms with van der Waals surface area (Å²) in [4.78, 5) is 11.1. The molecule has 0 atom stereocenters. The number of hydrogen-bond acceptors (Lipinski definition) is 4. The first-order valence-corrected chi connectivity index (χ1v) is 8.24. The zero-order valence-electron chi connectivity index (χ0n) is 15.3. The van der Waals surface area contributed by atoms with Crippen molar-refractivity contribution in [2.75, 3.05) is 7.05 Å². The molecule has 0 saturated heterocycles. The summed E-state index contributed by atoms with van der Waals surface area (Å²) < 4.78 is 31.7. The van der Waals surface area contributed by atoms with Crippen LogP contribution < -0.4 is 0 Å². The Bertz CT molecular complexity index is 890. The largest absolute Gasteiger partial charge is 0.490 e. The quantitative estimate of drug-likeness (QED) is 0.615. The zero-order chi connectivity index (χ0) is 20.7. The van der Waals surface area contributed by atoms with E-state index in [2.05, 4.69) is 56.6 Å². The Labute approximate surface area is 159 Å². The lowest BCUT2D eigenvalue weighted by Gasteiger charge is -2.13. The van der Waals surface area contributed by atoms with Gasteiger partial charge in [0, 0.05) is 30.0 Å². The molecule has 2 heterocycles. The summed E-state index contributed by atoms with van der Waals surface area (Å²) in [6.07, 6.45) is -5.08. The number of aliphatic carboxylic acids is 1. The van der Waals surface area contributed by atoms with Crippen molar-refractivity contribution in [3.63, 3.8) is 0 Å². The molecule has 0 spiro atoms. The first kappa shape index (κ1) is 21.2. The minimum absolute atomic E-state index is 0.810. The maximum Gasteiger partial charge on any atom is 0.490 e. The molecule has 0 fully saturated rings. The highest BCUT2D eigenvalue weighted by Crippen LogP contribution is 2.17. The van der Waals surface area contributed by atoms with Crippen LogP contribution in [-0.4, -0.2) is 49.6 Å². The molecule has 7 nitrogen and oxygen atoms in total. The molecule has 0 aliphatic carbocycles. The van der Waals surface area contributed by atoms with Gasteiger partial charge in [0.25, 0.3) is 0 Å². The molecule has 0 amide bonds. The molecule has 3 aromatic rings. The van der Waals surface area contributed by atoms with Crippen molar-refractivity contribution in [1.29, 1.82) is 0 Å². The van der Waals surface area contributed by atoms with Crippen LogP contribution >= 0.6 is 0 Å². The number of alkyl halides is 3. The van der Waals surface area contributed by atoms with Gasteiger partial charge in [-0.05, 0) is 26.1 Å². The Morgan fingerprint density at radius 2 is 1.75 bits per heavy atom. The summed E-state index contributed by atoms with van der Waals surface area (Å²) in [5.41, 5.74) is 5.35. The molecule has 0 aliphatic heterocycles. The van der Waals surface area contributed by atoms with Gasteiger partial charge >= 0.3 is 12.1 Å². The summed E-state index contributed by atoms with van der Waals surface area (Å²) in [5, 5.41) is 21.8. The summed E-state index contributed by atoms with van der Waals surface area (Å²) in [5.74, 6) is -2.76. The van der Waals surface area contributed by atoms with E-state index in [1.165, 1.54) is 0 Å². The molecular weight excluding hydrogens is 375 g/mol. The van der Waals surface area contributed by atoms with E-state index in [1.807, 2.05) is 25.1 Å². The number of carboxylic acids is 1. The highest BCUT2D eigenvalue weighted by atomic mass is 19.4. The third-order valence-corrected chi connectivity index (χ3v) is 3.57. The number of hydrogen-bond donors (Lipinski definition) is 3. The van der Waals surface area contributed by atoms with Crippen LogP contribution in [0, 0.1) is 6.92 Å². The van der Waals surface area contributed by atoms with Gasteiger partial charge in [-0.2, -0.15) is 23.4 Å². The number of aromatic amines is 2.